The lowest BCUT2D eigenvalue weighted by Crippen LogP contribution is -1.99. The second-order valence-electron chi connectivity index (χ2n) is 4.12. The first-order valence-electron chi connectivity index (χ1n) is 5.82. The molecule has 0 saturated heterocycles. The standard InChI is InChI=1S/C14H14N2O3/c1-10-8-12(6-7-13(10)16(17)18)19-14-5-3-2-4-11(14)9-15/h2-8H,9,15H2,1H3. The average Bonchev–Trinajstić information content (AvgIpc) is 2.39. The van der Waals surface area contributed by atoms with Gasteiger partial charge >= 0.3 is 0 Å². The number of hydrogen-bond acceptors (Lipinski definition) is 4. The number of rotatable bonds is 4. The van der Waals surface area contributed by atoms with Gasteiger partial charge in [-0.25, -0.2) is 0 Å². The van der Waals surface area contributed by atoms with Crippen LogP contribution in [0.3, 0.4) is 0 Å². The fourth-order valence-electron chi connectivity index (χ4n) is 1.80. The van der Waals surface area contributed by atoms with Crippen molar-refractivity contribution in [1.29, 1.82) is 0 Å². The van der Waals surface area contributed by atoms with E-state index in [9.17, 15) is 10.1 Å². The van der Waals surface area contributed by atoms with E-state index in [0.717, 1.165) is 5.56 Å². The zero-order chi connectivity index (χ0) is 13.8. The largest absolute Gasteiger partial charge is 0.457 e. The average molecular weight is 258 g/mol. The molecule has 0 heterocycles. The number of nitro groups is 1. The lowest BCUT2D eigenvalue weighted by molar-refractivity contribution is -0.385. The van der Waals surface area contributed by atoms with Gasteiger partial charge in [0.1, 0.15) is 11.5 Å². The summed E-state index contributed by atoms with van der Waals surface area (Å²) in [5.41, 5.74) is 7.16. The van der Waals surface area contributed by atoms with Crippen LogP contribution in [0.1, 0.15) is 11.1 Å². The predicted molar refractivity (Wildman–Crippen MR) is 72.2 cm³/mol. The molecule has 0 amide bonds. The number of nitrogens with two attached hydrogens (primary N) is 1. The van der Waals surface area contributed by atoms with E-state index < -0.39 is 4.92 Å². The molecule has 2 N–H and O–H groups in total. The monoisotopic (exact) mass is 258 g/mol. The van der Waals surface area contributed by atoms with E-state index >= 15 is 0 Å². The Morgan fingerprint density at radius 2 is 2.00 bits per heavy atom. The van der Waals surface area contributed by atoms with Gasteiger partial charge in [-0.2, -0.15) is 0 Å². The van der Waals surface area contributed by atoms with Crippen molar-refractivity contribution in [2.24, 2.45) is 5.73 Å². The van der Waals surface area contributed by atoms with Crippen molar-refractivity contribution in [3.63, 3.8) is 0 Å². The molecule has 2 rings (SSSR count). The van der Waals surface area contributed by atoms with Crippen LogP contribution >= 0.6 is 0 Å². The van der Waals surface area contributed by atoms with E-state index in [2.05, 4.69) is 0 Å². The molecule has 98 valence electrons. The van der Waals surface area contributed by atoms with Gasteiger partial charge in [-0.1, -0.05) is 18.2 Å². The van der Waals surface area contributed by atoms with Gasteiger partial charge in [0.15, 0.2) is 0 Å². The molecule has 0 radical (unpaired) electrons. The number of aryl methyl sites for hydroxylation is 1. The lowest BCUT2D eigenvalue weighted by Gasteiger charge is -2.10. The molecule has 19 heavy (non-hydrogen) atoms. The van der Waals surface area contributed by atoms with Crippen molar-refractivity contribution in [2.75, 3.05) is 0 Å². The Balaban J connectivity index is 2.29. The summed E-state index contributed by atoms with van der Waals surface area (Å²) in [6.07, 6.45) is 0. The normalized spacial score (nSPS) is 10.2. The quantitative estimate of drug-likeness (QED) is 0.675. The molecule has 0 atom stereocenters. The molecular formula is C14H14N2O3. The number of benzene rings is 2. The van der Waals surface area contributed by atoms with Crippen LogP contribution in [0.15, 0.2) is 42.5 Å². The highest BCUT2D eigenvalue weighted by molar-refractivity contribution is 5.46. The lowest BCUT2D eigenvalue weighted by atomic mass is 10.2. The highest BCUT2D eigenvalue weighted by Gasteiger charge is 2.11. The smallest absolute Gasteiger partial charge is 0.272 e. The van der Waals surface area contributed by atoms with Crippen LogP contribution in [0.4, 0.5) is 5.69 Å². The first-order valence-corrected chi connectivity index (χ1v) is 5.82. The third kappa shape index (κ3) is 2.89. The SMILES string of the molecule is Cc1cc(Oc2ccccc2CN)ccc1[N+](=O)[O-]. The number of para-hydroxylation sites is 1. The molecule has 0 aliphatic heterocycles. The van der Waals surface area contributed by atoms with Gasteiger partial charge in [0.2, 0.25) is 0 Å². The Kier molecular flexibility index (Phi) is 3.77. The molecule has 0 aliphatic rings. The second-order valence-corrected chi connectivity index (χ2v) is 4.12. The van der Waals surface area contributed by atoms with E-state index in [1.54, 1.807) is 19.1 Å². The molecule has 5 nitrogen and oxygen atoms in total. The van der Waals surface area contributed by atoms with Crippen LogP contribution in [0.25, 0.3) is 0 Å². The maximum Gasteiger partial charge on any atom is 0.272 e. The minimum atomic E-state index is -0.410. The van der Waals surface area contributed by atoms with Crippen molar-refractivity contribution < 1.29 is 9.66 Å². The summed E-state index contributed by atoms with van der Waals surface area (Å²) in [6, 6.07) is 12.1. The fraction of sp³-hybridized carbons (Fsp3) is 0.143. The Hall–Kier alpha value is -2.40. The molecule has 0 bridgehead atoms. The number of ether oxygens (including phenoxy) is 1. The van der Waals surface area contributed by atoms with Crippen molar-refractivity contribution in [3.05, 3.63) is 63.7 Å². The van der Waals surface area contributed by atoms with Crippen molar-refractivity contribution in [1.82, 2.24) is 0 Å². The maximum atomic E-state index is 10.7. The first kappa shape index (κ1) is 13.0. The summed E-state index contributed by atoms with van der Waals surface area (Å²) in [4.78, 5) is 10.3. The number of nitrogens with zero attached hydrogens (tertiary/aromatic N) is 1. The Morgan fingerprint density at radius 1 is 1.26 bits per heavy atom. The molecule has 0 fully saturated rings. The van der Waals surface area contributed by atoms with Gasteiger partial charge in [-0.15, -0.1) is 0 Å². The summed E-state index contributed by atoms with van der Waals surface area (Å²) < 4.78 is 5.71. The minimum Gasteiger partial charge on any atom is -0.457 e. The van der Waals surface area contributed by atoms with Crippen LogP contribution in [0, 0.1) is 17.0 Å². The van der Waals surface area contributed by atoms with E-state index in [-0.39, 0.29) is 5.69 Å². The van der Waals surface area contributed by atoms with Gasteiger partial charge in [0.05, 0.1) is 4.92 Å². The summed E-state index contributed by atoms with van der Waals surface area (Å²) in [5, 5.41) is 10.7. The number of hydrogen-bond donors (Lipinski definition) is 1. The molecule has 0 saturated carbocycles. The van der Waals surface area contributed by atoms with Gasteiger partial charge in [0, 0.05) is 23.7 Å². The van der Waals surface area contributed by atoms with Crippen LogP contribution in [0.2, 0.25) is 0 Å². The van der Waals surface area contributed by atoms with Crippen LogP contribution in [0.5, 0.6) is 11.5 Å². The van der Waals surface area contributed by atoms with Gasteiger partial charge < -0.3 is 10.5 Å². The number of nitro benzene ring substituents is 1. The van der Waals surface area contributed by atoms with Crippen LogP contribution in [-0.2, 0) is 6.54 Å². The summed E-state index contributed by atoms with van der Waals surface area (Å²) >= 11 is 0. The predicted octanol–water partition coefficient (Wildman–Crippen LogP) is 3.15. The highest BCUT2D eigenvalue weighted by atomic mass is 16.6. The first-order chi connectivity index (χ1) is 9.11. The van der Waals surface area contributed by atoms with E-state index in [1.807, 2.05) is 24.3 Å². The third-order valence-electron chi connectivity index (χ3n) is 2.79. The van der Waals surface area contributed by atoms with Crippen molar-refractivity contribution in [3.8, 4) is 11.5 Å². The molecular weight excluding hydrogens is 244 g/mol. The molecule has 0 spiro atoms. The fourth-order valence-corrected chi connectivity index (χ4v) is 1.80. The molecule has 5 heteroatoms. The van der Waals surface area contributed by atoms with Crippen molar-refractivity contribution >= 4 is 5.69 Å². The highest BCUT2D eigenvalue weighted by Crippen LogP contribution is 2.28. The Bertz CT molecular complexity index is 611. The van der Waals surface area contributed by atoms with Gasteiger partial charge in [0.25, 0.3) is 5.69 Å². The molecule has 0 aromatic heterocycles. The maximum absolute atomic E-state index is 10.7. The van der Waals surface area contributed by atoms with Crippen molar-refractivity contribution in [2.45, 2.75) is 13.5 Å². The third-order valence-corrected chi connectivity index (χ3v) is 2.79. The van der Waals surface area contributed by atoms with Crippen LogP contribution < -0.4 is 10.5 Å². The van der Waals surface area contributed by atoms with Crippen LogP contribution in [-0.4, -0.2) is 4.92 Å². The topological polar surface area (TPSA) is 78.4 Å². The molecule has 0 aliphatic carbocycles. The zero-order valence-electron chi connectivity index (χ0n) is 10.5. The second kappa shape index (κ2) is 5.49. The summed E-state index contributed by atoms with van der Waals surface area (Å²) in [6.45, 7) is 2.06. The van der Waals surface area contributed by atoms with E-state index in [0.29, 0.717) is 23.6 Å². The van der Waals surface area contributed by atoms with Gasteiger partial charge in [-0.3, -0.25) is 10.1 Å². The van der Waals surface area contributed by atoms with E-state index in [1.165, 1.54) is 6.07 Å². The zero-order valence-corrected chi connectivity index (χ0v) is 10.5. The van der Waals surface area contributed by atoms with Gasteiger partial charge in [-0.05, 0) is 25.1 Å². The Morgan fingerprint density at radius 3 is 2.63 bits per heavy atom. The Labute approximate surface area is 110 Å². The minimum absolute atomic E-state index is 0.0828. The molecule has 2 aromatic carbocycles. The molecule has 0 unspecified atom stereocenters. The summed E-state index contributed by atoms with van der Waals surface area (Å²) in [5.74, 6) is 1.22. The summed E-state index contributed by atoms with van der Waals surface area (Å²) in [7, 11) is 0. The molecule has 2 aromatic rings. The van der Waals surface area contributed by atoms with E-state index in [4.69, 9.17) is 10.5 Å².